The van der Waals surface area contributed by atoms with Crippen LogP contribution in [0, 0.1) is 12.8 Å². The number of carbonyl (C=O) groups excluding carboxylic acids is 1. The molecule has 0 saturated carbocycles. The molecule has 3 heterocycles. The Bertz CT molecular complexity index is 1390. The molecule has 1 unspecified atom stereocenters. The van der Waals surface area contributed by atoms with Crippen LogP contribution in [0.2, 0.25) is 0 Å². The van der Waals surface area contributed by atoms with Gasteiger partial charge >= 0.3 is 0 Å². The monoisotopic (exact) mass is 666 g/mol. The van der Waals surface area contributed by atoms with Crippen LogP contribution in [-0.4, -0.2) is 53.9 Å². The van der Waals surface area contributed by atoms with Gasteiger partial charge in [0.2, 0.25) is 0 Å². The molecule has 0 bridgehead atoms. The summed E-state index contributed by atoms with van der Waals surface area (Å²) >= 11 is 1.65. The lowest BCUT2D eigenvalue weighted by atomic mass is 9.85. The Balaban J connectivity index is 0. The predicted octanol–water partition coefficient (Wildman–Crippen LogP) is 3.50. The Labute approximate surface area is 269 Å². The van der Waals surface area contributed by atoms with Gasteiger partial charge in [-0.1, -0.05) is 25.1 Å². The molecule has 4 aromatic rings. The fourth-order valence-corrected chi connectivity index (χ4v) is 6.54. The Hall–Kier alpha value is -2.22. The van der Waals surface area contributed by atoms with Crippen molar-refractivity contribution >= 4 is 70.4 Å². The number of imidazole rings is 1. The molecule has 238 valence electrons. The van der Waals surface area contributed by atoms with E-state index >= 15 is 0 Å². The zero-order valence-corrected chi connectivity index (χ0v) is 27.4. The van der Waals surface area contributed by atoms with E-state index in [2.05, 4.69) is 50.5 Å². The topological polar surface area (TPSA) is 185 Å². The van der Waals surface area contributed by atoms with Gasteiger partial charge in [0.25, 0.3) is 0 Å². The van der Waals surface area contributed by atoms with Gasteiger partial charge in [-0.3, -0.25) is 4.79 Å². The number of nitrogens with zero attached hydrogens (tertiary/aromatic N) is 4. The summed E-state index contributed by atoms with van der Waals surface area (Å²) in [7, 11) is 2.06. The van der Waals surface area contributed by atoms with Gasteiger partial charge < -0.3 is 36.6 Å². The molecule has 6 rings (SSSR count). The lowest BCUT2D eigenvalue weighted by molar-refractivity contribution is 0.0888. The third-order valence-corrected chi connectivity index (χ3v) is 8.50. The minimum absolute atomic E-state index is 0. The fraction of sp³-hybridized carbons (Fsp3) is 0.464. The number of carbonyl (C=O) groups is 1. The Morgan fingerprint density at radius 3 is 2.48 bits per heavy atom. The minimum Gasteiger partial charge on any atom is -0.412 e. The molecule has 0 aliphatic heterocycles. The summed E-state index contributed by atoms with van der Waals surface area (Å²) in [6, 6.07) is 8.85. The van der Waals surface area contributed by atoms with Gasteiger partial charge in [-0.25, -0.2) is 9.97 Å². The van der Waals surface area contributed by atoms with Crippen molar-refractivity contribution in [3.63, 3.8) is 0 Å². The lowest BCUT2D eigenvalue weighted by Gasteiger charge is -2.23. The number of fused-ring (bicyclic) bond motifs is 4. The second-order valence-electron chi connectivity index (χ2n) is 9.94. The first-order chi connectivity index (χ1) is 17.5. The van der Waals surface area contributed by atoms with Crippen molar-refractivity contribution in [2.24, 2.45) is 13.0 Å². The molecule has 3 aromatic heterocycles. The third-order valence-electron chi connectivity index (χ3n) is 7.55. The summed E-state index contributed by atoms with van der Waals surface area (Å²) in [5, 5.41) is 5.38. The zero-order chi connectivity index (χ0) is 25.2. The maximum Gasteiger partial charge on any atom is 0.180 e. The molecule has 0 fully saturated rings. The summed E-state index contributed by atoms with van der Waals surface area (Å²) in [5.41, 5.74) is 10.2. The molecule has 1 aromatic carbocycles. The number of para-hydroxylation sites is 1. The van der Waals surface area contributed by atoms with E-state index in [0.29, 0.717) is 6.04 Å². The highest BCUT2D eigenvalue weighted by molar-refractivity contribution is 7.15. The highest BCUT2D eigenvalue weighted by atomic mass is 35.5. The van der Waals surface area contributed by atoms with E-state index in [4.69, 9.17) is 5.73 Å². The largest absolute Gasteiger partial charge is 0.412 e. The summed E-state index contributed by atoms with van der Waals surface area (Å²) < 4.78 is 4.26. The van der Waals surface area contributed by atoms with Crippen LogP contribution < -0.4 is 11.1 Å². The first-order valence-corrected chi connectivity index (χ1v) is 13.8. The van der Waals surface area contributed by atoms with Gasteiger partial charge in [0.15, 0.2) is 10.9 Å². The molecule has 2 aliphatic carbocycles. The fourth-order valence-electron chi connectivity index (χ4n) is 5.59. The molecule has 0 amide bonds. The normalized spacial score (nSPS) is 16.3. The average molecular weight is 668 g/mol. The number of halogens is 3. The number of ketones is 1. The van der Waals surface area contributed by atoms with E-state index < -0.39 is 0 Å². The van der Waals surface area contributed by atoms with Gasteiger partial charge in [0.05, 0.1) is 5.69 Å². The van der Waals surface area contributed by atoms with Crippen molar-refractivity contribution < 1.29 is 21.2 Å². The van der Waals surface area contributed by atoms with Crippen LogP contribution >= 0.6 is 48.6 Å². The molecule has 2 atom stereocenters. The quantitative estimate of drug-likeness (QED) is 0.329. The minimum atomic E-state index is 0. The average Bonchev–Trinajstić information content (AvgIpc) is 3.55. The molecule has 2 aliphatic rings. The van der Waals surface area contributed by atoms with Gasteiger partial charge in [0, 0.05) is 65.0 Å². The van der Waals surface area contributed by atoms with Crippen LogP contribution in [0.4, 0.5) is 5.13 Å². The third kappa shape index (κ3) is 8.67. The second-order valence-corrected chi connectivity index (χ2v) is 11.1. The molecule has 42 heavy (non-hydrogen) atoms. The van der Waals surface area contributed by atoms with Crippen molar-refractivity contribution in [3.05, 3.63) is 64.3 Å². The van der Waals surface area contributed by atoms with Crippen molar-refractivity contribution in [1.29, 1.82) is 0 Å². The number of anilines is 1. The molecular weight excluding hydrogens is 623 g/mol. The van der Waals surface area contributed by atoms with Crippen molar-refractivity contribution in [2.45, 2.75) is 65.0 Å². The Morgan fingerprint density at radius 2 is 1.81 bits per heavy atom. The van der Waals surface area contributed by atoms with Crippen LogP contribution in [0.5, 0.6) is 0 Å². The number of aryl methyl sites for hydroxylation is 3. The van der Waals surface area contributed by atoms with Crippen LogP contribution in [-0.2, 0) is 32.9 Å². The van der Waals surface area contributed by atoms with Crippen molar-refractivity contribution in [3.8, 4) is 0 Å². The smallest absolute Gasteiger partial charge is 0.180 e. The molecule has 14 heteroatoms. The number of benzene rings is 1. The number of thiazole rings is 1. The standard InChI is InChI=1S/C18H19N3O.C10H17N3S.3ClH.3H2O/c1-12-19-9-10-21(12)11-13-7-8-16-17(18(13)22)14-5-3-4-6-15(14)20(16)2;1-2-5-12-7-3-4-8-9(6-7)14-10(11)13-8;;;;;;/h3-6,9-10,13H,7-8,11H2,1-2H3;7,12H,2-6H2,1H3,(H2,11,13);3*1H;3*1H2/t;7-;;;;;;/m.0....../s1. The number of hydrogen-bond acceptors (Lipinski definition) is 6. The molecule has 0 saturated heterocycles. The van der Waals surface area contributed by atoms with Crippen LogP contribution in [0.25, 0.3) is 10.9 Å². The number of nitrogen functional groups attached to an aromatic ring is 1. The number of rotatable bonds is 5. The van der Waals surface area contributed by atoms with E-state index in [1.54, 1.807) is 17.5 Å². The summed E-state index contributed by atoms with van der Waals surface area (Å²) in [4.78, 5) is 23.0. The van der Waals surface area contributed by atoms with Crippen LogP contribution in [0.1, 0.15) is 58.6 Å². The number of aromatic nitrogens is 4. The molecule has 0 spiro atoms. The van der Waals surface area contributed by atoms with Gasteiger partial charge in [0.1, 0.15) is 5.82 Å². The Kier molecular flexibility index (Phi) is 18.4. The van der Waals surface area contributed by atoms with E-state index in [1.165, 1.54) is 29.1 Å². The van der Waals surface area contributed by atoms with Crippen molar-refractivity contribution in [1.82, 2.24) is 24.4 Å². The predicted molar refractivity (Wildman–Crippen MR) is 179 cm³/mol. The molecular formula is C28H45Cl3N6O4S. The number of nitrogens with one attached hydrogen (secondary N) is 1. The molecule has 9 N–H and O–H groups in total. The SMILES string of the molecule is CCCN[C@H]1CCc2nc(N)sc2C1.Cc1nccn1CC1CCc2c(c3ccccc3n2C)C1=O.Cl.Cl.Cl.O.O.O. The number of hydrogen-bond donors (Lipinski definition) is 2. The van der Waals surface area contributed by atoms with Crippen LogP contribution in [0.15, 0.2) is 36.7 Å². The first kappa shape index (κ1) is 41.9. The molecule has 10 nitrogen and oxygen atoms in total. The maximum absolute atomic E-state index is 13.0. The van der Waals surface area contributed by atoms with Gasteiger partial charge in [-0.15, -0.1) is 48.6 Å². The summed E-state index contributed by atoms with van der Waals surface area (Å²) in [5.74, 6) is 1.30. The van der Waals surface area contributed by atoms with E-state index in [0.717, 1.165) is 66.2 Å². The van der Waals surface area contributed by atoms with E-state index in [9.17, 15) is 4.79 Å². The highest BCUT2D eigenvalue weighted by Gasteiger charge is 2.32. The summed E-state index contributed by atoms with van der Waals surface area (Å²) in [6.45, 7) is 6.03. The van der Waals surface area contributed by atoms with Crippen molar-refractivity contribution in [2.75, 3.05) is 12.3 Å². The van der Waals surface area contributed by atoms with Crippen LogP contribution in [0.3, 0.4) is 0 Å². The second kappa shape index (κ2) is 18.4. The zero-order valence-electron chi connectivity index (χ0n) is 24.2. The summed E-state index contributed by atoms with van der Waals surface area (Å²) in [6.07, 6.45) is 10.2. The van der Waals surface area contributed by atoms with Gasteiger partial charge in [-0.05, 0) is 58.1 Å². The van der Waals surface area contributed by atoms with Gasteiger partial charge in [-0.2, -0.15) is 0 Å². The molecule has 0 radical (unpaired) electrons. The number of Topliss-reactive ketones (excluding diaryl/α,β-unsaturated/α-hetero) is 1. The van der Waals surface area contributed by atoms with E-state index in [1.807, 2.05) is 25.3 Å². The maximum atomic E-state index is 13.0. The Morgan fingerprint density at radius 1 is 1.10 bits per heavy atom. The van der Waals surface area contributed by atoms with E-state index in [-0.39, 0.29) is 65.4 Å². The number of nitrogens with two attached hydrogens (primary N) is 1. The first-order valence-electron chi connectivity index (χ1n) is 13.0. The lowest BCUT2D eigenvalue weighted by Crippen LogP contribution is -2.34. The highest BCUT2D eigenvalue weighted by Crippen LogP contribution is 2.34.